The van der Waals surface area contributed by atoms with Gasteiger partial charge in [-0.2, -0.15) is 5.10 Å². The number of amides is 1. The molecule has 8 heteroatoms. The molecular weight excluding hydrogens is 406 g/mol. The zero-order valence-corrected chi connectivity index (χ0v) is 19.7. The molecule has 0 fully saturated rings. The second-order valence-corrected chi connectivity index (χ2v) is 8.46. The van der Waals surface area contributed by atoms with Crippen LogP contribution in [-0.4, -0.2) is 52.8 Å². The van der Waals surface area contributed by atoms with Crippen LogP contribution in [0.25, 0.3) is 10.2 Å². The number of halogens is 1. The number of carbonyl (C=O) groups is 1. The van der Waals surface area contributed by atoms with Gasteiger partial charge in [-0.3, -0.25) is 14.4 Å². The molecule has 29 heavy (non-hydrogen) atoms. The van der Waals surface area contributed by atoms with Crippen LogP contribution in [0.3, 0.4) is 0 Å². The van der Waals surface area contributed by atoms with Crippen molar-refractivity contribution in [2.24, 2.45) is 0 Å². The Bertz CT molecular complexity index is 995. The summed E-state index contributed by atoms with van der Waals surface area (Å²) >= 11 is 1.57. The van der Waals surface area contributed by atoms with Gasteiger partial charge < -0.3 is 4.90 Å². The molecule has 0 bridgehead atoms. The number of rotatable bonds is 7. The van der Waals surface area contributed by atoms with Gasteiger partial charge in [-0.25, -0.2) is 4.98 Å². The number of aryl methyl sites for hydroxylation is 4. The lowest BCUT2D eigenvalue weighted by atomic mass is 10.1. The van der Waals surface area contributed by atoms with E-state index in [0.717, 1.165) is 40.6 Å². The van der Waals surface area contributed by atoms with E-state index in [9.17, 15) is 4.79 Å². The third-order valence-electron chi connectivity index (χ3n) is 5.04. The first kappa shape index (κ1) is 23.3. The Balaban J connectivity index is 0.00000300. The normalized spacial score (nSPS) is 11.1. The summed E-state index contributed by atoms with van der Waals surface area (Å²) in [5.41, 5.74) is 4.85. The summed E-state index contributed by atoms with van der Waals surface area (Å²) in [6, 6.07) is 6.08. The van der Waals surface area contributed by atoms with Crippen LogP contribution >= 0.6 is 23.7 Å². The van der Waals surface area contributed by atoms with Crippen molar-refractivity contribution < 1.29 is 4.79 Å². The molecule has 0 saturated heterocycles. The molecule has 0 spiro atoms. The monoisotopic (exact) mass is 435 g/mol. The number of aromatic nitrogens is 3. The third kappa shape index (κ3) is 4.97. The van der Waals surface area contributed by atoms with E-state index in [-0.39, 0.29) is 18.3 Å². The number of nitrogens with zero attached hydrogens (tertiary/aromatic N) is 5. The van der Waals surface area contributed by atoms with Gasteiger partial charge in [0.1, 0.15) is 0 Å². The third-order valence-corrected chi connectivity index (χ3v) is 6.08. The highest BCUT2D eigenvalue weighted by Gasteiger charge is 2.24. The Morgan fingerprint density at radius 2 is 1.90 bits per heavy atom. The van der Waals surface area contributed by atoms with Gasteiger partial charge in [-0.05, 0) is 78.0 Å². The van der Waals surface area contributed by atoms with E-state index in [1.807, 2.05) is 38.7 Å². The molecule has 6 nitrogen and oxygen atoms in total. The minimum absolute atomic E-state index is 0. The summed E-state index contributed by atoms with van der Waals surface area (Å²) in [5, 5.41) is 5.24. The van der Waals surface area contributed by atoms with Gasteiger partial charge in [0.15, 0.2) is 10.8 Å². The highest BCUT2D eigenvalue weighted by Crippen LogP contribution is 2.32. The Morgan fingerprint density at radius 3 is 2.52 bits per heavy atom. The summed E-state index contributed by atoms with van der Waals surface area (Å²) in [7, 11) is 4.09. The first-order valence-electron chi connectivity index (χ1n) is 9.69. The summed E-state index contributed by atoms with van der Waals surface area (Å²) < 4.78 is 2.97. The highest BCUT2D eigenvalue weighted by atomic mass is 35.5. The molecule has 2 heterocycles. The molecule has 0 aliphatic heterocycles. The van der Waals surface area contributed by atoms with Crippen molar-refractivity contribution in [1.82, 2.24) is 19.7 Å². The quantitative estimate of drug-likeness (QED) is 0.549. The molecule has 2 aromatic heterocycles. The number of carbonyl (C=O) groups excluding carboxylic acids is 1. The lowest BCUT2D eigenvalue weighted by Crippen LogP contribution is -2.33. The predicted octanol–water partition coefficient (Wildman–Crippen LogP) is 4.46. The van der Waals surface area contributed by atoms with Crippen molar-refractivity contribution in [2.75, 3.05) is 32.1 Å². The average Bonchev–Trinajstić information content (AvgIpc) is 3.25. The molecule has 0 saturated carbocycles. The molecule has 1 aromatic carbocycles. The smallest absolute Gasteiger partial charge is 0.280 e. The first-order valence-corrected chi connectivity index (χ1v) is 10.5. The maximum absolute atomic E-state index is 13.3. The molecule has 0 aliphatic carbocycles. The topological polar surface area (TPSA) is 54.3 Å². The van der Waals surface area contributed by atoms with E-state index in [1.54, 1.807) is 16.2 Å². The van der Waals surface area contributed by atoms with Crippen LogP contribution in [0.4, 0.5) is 5.13 Å². The van der Waals surface area contributed by atoms with E-state index in [1.165, 1.54) is 11.1 Å². The fourth-order valence-electron chi connectivity index (χ4n) is 3.23. The summed E-state index contributed by atoms with van der Waals surface area (Å²) in [6.07, 6.45) is 0.875. The standard InChI is InChI=1S/C21H29N5OS.ClH/c1-7-26-15(3)13-17(23-26)20(27)25(12-8-11-24(5)6)21-22-19-16(4)14(2)9-10-18(19)28-21;/h9-10,13H,7-8,11-12H2,1-6H3;1H. The number of hydrogen-bond acceptors (Lipinski definition) is 5. The van der Waals surface area contributed by atoms with Crippen LogP contribution in [0.15, 0.2) is 18.2 Å². The second kappa shape index (κ2) is 9.69. The second-order valence-electron chi connectivity index (χ2n) is 7.45. The molecule has 0 aliphatic rings. The van der Waals surface area contributed by atoms with E-state index < -0.39 is 0 Å². The van der Waals surface area contributed by atoms with Crippen molar-refractivity contribution in [3.8, 4) is 0 Å². The first-order chi connectivity index (χ1) is 13.3. The fourth-order valence-corrected chi connectivity index (χ4v) is 4.28. The van der Waals surface area contributed by atoms with E-state index in [0.29, 0.717) is 12.2 Å². The molecule has 3 rings (SSSR count). The van der Waals surface area contributed by atoms with Crippen LogP contribution in [0.5, 0.6) is 0 Å². The molecule has 0 radical (unpaired) electrons. The van der Waals surface area contributed by atoms with Crippen molar-refractivity contribution in [3.63, 3.8) is 0 Å². The van der Waals surface area contributed by atoms with Crippen molar-refractivity contribution >= 4 is 45.0 Å². The van der Waals surface area contributed by atoms with Crippen LogP contribution < -0.4 is 4.90 Å². The number of thiazole rings is 1. The minimum atomic E-state index is -0.0810. The van der Waals surface area contributed by atoms with Crippen LogP contribution in [0.2, 0.25) is 0 Å². The van der Waals surface area contributed by atoms with Gasteiger partial charge in [0.25, 0.3) is 5.91 Å². The molecule has 1 amide bonds. The summed E-state index contributed by atoms with van der Waals surface area (Å²) in [4.78, 5) is 22.1. The number of hydrogen-bond donors (Lipinski definition) is 0. The van der Waals surface area contributed by atoms with Crippen LogP contribution in [0.1, 0.15) is 40.7 Å². The lowest BCUT2D eigenvalue weighted by Gasteiger charge is -2.20. The SMILES string of the molecule is CCn1nc(C(=O)N(CCCN(C)C)c2nc3c(C)c(C)ccc3s2)cc1C.Cl. The zero-order chi connectivity index (χ0) is 20.4. The van der Waals surface area contributed by atoms with Gasteiger partial charge in [0.05, 0.1) is 10.2 Å². The van der Waals surface area contributed by atoms with Gasteiger partial charge >= 0.3 is 0 Å². The molecule has 158 valence electrons. The Morgan fingerprint density at radius 1 is 1.17 bits per heavy atom. The van der Waals surface area contributed by atoms with E-state index in [4.69, 9.17) is 4.98 Å². The van der Waals surface area contributed by atoms with Gasteiger partial charge in [0, 0.05) is 18.8 Å². The van der Waals surface area contributed by atoms with Crippen LogP contribution in [-0.2, 0) is 6.54 Å². The maximum Gasteiger partial charge on any atom is 0.280 e. The lowest BCUT2D eigenvalue weighted by molar-refractivity contribution is 0.0980. The largest absolute Gasteiger partial charge is 0.309 e. The number of fused-ring (bicyclic) bond motifs is 1. The van der Waals surface area contributed by atoms with Gasteiger partial charge in [-0.1, -0.05) is 17.4 Å². The summed E-state index contributed by atoms with van der Waals surface area (Å²) in [5.74, 6) is -0.0810. The fraction of sp³-hybridized carbons (Fsp3) is 0.476. The average molecular weight is 436 g/mol. The van der Waals surface area contributed by atoms with Crippen molar-refractivity contribution in [1.29, 1.82) is 0 Å². The van der Waals surface area contributed by atoms with E-state index in [2.05, 4.69) is 36.0 Å². The summed E-state index contributed by atoms with van der Waals surface area (Å²) in [6.45, 7) is 10.5. The Kier molecular flexibility index (Phi) is 7.80. The Hall–Kier alpha value is -1.96. The predicted molar refractivity (Wildman–Crippen MR) is 124 cm³/mol. The number of benzene rings is 1. The molecular formula is C21H30ClN5OS. The zero-order valence-electron chi connectivity index (χ0n) is 18.0. The molecule has 3 aromatic rings. The maximum atomic E-state index is 13.3. The van der Waals surface area contributed by atoms with E-state index >= 15 is 0 Å². The molecule has 0 atom stereocenters. The Labute approximate surface area is 182 Å². The van der Waals surface area contributed by atoms with Crippen molar-refractivity contribution in [3.05, 3.63) is 40.7 Å². The minimum Gasteiger partial charge on any atom is -0.309 e. The number of anilines is 1. The van der Waals surface area contributed by atoms with Crippen LogP contribution in [0, 0.1) is 20.8 Å². The van der Waals surface area contributed by atoms with Gasteiger partial charge in [0.2, 0.25) is 0 Å². The molecule has 0 N–H and O–H groups in total. The van der Waals surface area contributed by atoms with Gasteiger partial charge in [-0.15, -0.1) is 12.4 Å². The highest BCUT2D eigenvalue weighted by molar-refractivity contribution is 7.22. The molecule has 0 unspecified atom stereocenters. The van der Waals surface area contributed by atoms with Crippen molar-refractivity contribution in [2.45, 2.75) is 40.7 Å².